The Morgan fingerprint density at radius 3 is 2.53 bits per heavy atom. The van der Waals surface area contributed by atoms with Gasteiger partial charge in [-0.2, -0.15) is 0 Å². The van der Waals surface area contributed by atoms with Gasteiger partial charge in [-0.3, -0.25) is 19.5 Å². The van der Waals surface area contributed by atoms with Crippen molar-refractivity contribution in [2.24, 2.45) is 0 Å². The van der Waals surface area contributed by atoms with Gasteiger partial charge in [-0.15, -0.1) is 0 Å². The molecule has 3 amide bonds. The smallest absolute Gasteiger partial charge is 0.307 e. The van der Waals surface area contributed by atoms with Crippen molar-refractivity contribution in [3.05, 3.63) is 94.0 Å². The van der Waals surface area contributed by atoms with Gasteiger partial charge in [0.15, 0.2) is 5.16 Å². The molecule has 0 aliphatic carbocycles. The standard InChI is InChI=1S/C25H21FN4O3S/c1-15-8-7-12-19(16(15)2)27-24(33)29-22(31)14-34-25-28-20-11-5-3-9-17(20)23(32)30(25)21-13-6-4-10-18(21)26/h3-13H,14H2,1-2H3,(H2,27,29,31,33). The van der Waals surface area contributed by atoms with E-state index in [0.29, 0.717) is 16.6 Å². The van der Waals surface area contributed by atoms with Crippen molar-refractivity contribution in [2.45, 2.75) is 19.0 Å². The van der Waals surface area contributed by atoms with Gasteiger partial charge in [0.1, 0.15) is 5.82 Å². The van der Waals surface area contributed by atoms with Crippen molar-refractivity contribution in [1.82, 2.24) is 14.9 Å². The number of benzene rings is 3. The summed E-state index contributed by atoms with van der Waals surface area (Å²) >= 11 is 0.935. The molecule has 0 saturated heterocycles. The van der Waals surface area contributed by atoms with E-state index in [9.17, 15) is 18.8 Å². The number of rotatable bonds is 5. The first-order chi connectivity index (χ1) is 16.3. The number of hydrogen-bond acceptors (Lipinski definition) is 5. The molecular formula is C25H21FN4O3S. The number of nitrogens with zero attached hydrogens (tertiary/aromatic N) is 2. The topological polar surface area (TPSA) is 93.1 Å². The summed E-state index contributed by atoms with van der Waals surface area (Å²) in [5, 5.41) is 5.39. The Morgan fingerprint density at radius 2 is 1.74 bits per heavy atom. The number of urea groups is 1. The minimum Gasteiger partial charge on any atom is -0.307 e. The highest BCUT2D eigenvalue weighted by Crippen LogP contribution is 2.23. The van der Waals surface area contributed by atoms with Crippen LogP contribution < -0.4 is 16.2 Å². The quantitative estimate of drug-likeness (QED) is 0.325. The zero-order valence-corrected chi connectivity index (χ0v) is 19.3. The van der Waals surface area contributed by atoms with E-state index >= 15 is 0 Å². The Balaban J connectivity index is 1.56. The summed E-state index contributed by atoms with van der Waals surface area (Å²) in [6.07, 6.45) is 0. The van der Waals surface area contributed by atoms with Gasteiger partial charge in [0.05, 0.1) is 22.3 Å². The summed E-state index contributed by atoms with van der Waals surface area (Å²) in [6, 6.07) is 17.4. The van der Waals surface area contributed by atoms with Crippen molar-refractivity contribution in [3.63, 3.8) is 0 Å². The molecule has 0 bridgehead atoms. The van der Waals surface area contributed by atoms with Crippen LogP contribution >= 0.6 is 11.8 Å². The monoisotopic (exact) mass is 476 g/mol. The number of halogens is 1. The van der Waals surface area contributed by atoms with E-state index in [1.54, 1.807) is 36.4 Å². The molecular weight excluding hydrogens is 455 g/mol. The van der Waals surface area contributed by atoms with Crippen LogP contribution in [0.15, 0.2) is 76.7 Å². The summed E-state index contributed by atoms with van der Waals surface area (Å²) in [4.78, 5) is 42.4. The summed E-state index contributed by atoms with van der Waals surface area (Å²) in [5.74, 6) is -1.39. The zero-order chi connectivity index (χ0) is 24.2. The van der Waals surface area contributed by atoms with E-state index in [1.807, 2.05) is 26.0 Å². The lowest BCUT2D eigenvalue weighted by Gasteiger charge is -2.14. The van der Waals surface area contributed by atoms with E-state index in [1.165, 1.54) is 18.2 Å². The number of carbonyl (C=O) groups excluding carboxylic acids is 2. The number of carbonyl (C=O) groups is 2. The van der Waals surface area contributed by atoms with E-state index in [4.69, 9.17) is 0 Å². The third kappa shape index (κ3) is 4.84. The van der Waals surface area contributed by atoms with Gasteiger partial charge in [0, 0.05) is 5.69 Å². The van der Waals surface area contributed by atoms with Crippen LogP contribution in [0.1, 0.15) is 11.1 Å². The molecule has 3 aromatic carbocycles. The predicted molar refractivity (Wildman–Crippen MR) is 131 cm³/mol. The van der Waals surface area contributed by atoms with Gasteiger partial charge in [0.25, 0.3) is 5.56 Å². The summed E-state index contributed by atoms with van der Waals surface area (Å²) in [6.45, 7) is 3.79. The molecule has 0 radical (unpaired) electrons. The van der Waals surface area contributed by atoms with E-state index in [2.05, 4.69) is 15.6 Å². The van der Waals surface area contributed by atoms with Crippen LogP contribution in [0.3, 0.4) is 0 Å². The molecule has 34 heavy (non-hydrogen) atoms. The molecule has 4 aromatic rings. The molecule has 2 N–H and O–H groups in total. The molecule has 4 rings (SSSR count). The maximum absolute atomic E-state index is 14.5. The van der Waals surface area contributed by atoms with Gasteiger partial charge in [-0.1, -0.05) is 48.2 Å². The first kappa shape index (κ1) is 23.2. The van der Waals surface area contributed by atoms with Crippen LogP contribution in [-0.4, -0.2) is 27.2 Å². The fraction of sp³-hybridized carbons (Fsp3) is 0.120. The second-order valence-electron chi connectivity index (χ2n) is 7.54. The molecule has 9 heteroatoms. The number of fused-ring (bicyclic) bond motifs is 1. The molecule has 0 saturated carbocycles. The molecule has 0 aliphatic heterocycles. The van der Waals surface area contributed by atoms with Crippen LogP contribution in [0.25, 0.3) is 16.6 Å². The lowest BCUT2D eigenvalue weighted by atomic mass is 10.1. The van der Waals surface area contributed by atoms with Gasteiger partial charge in [0.2, 0.25) is 5.91 Å². The highest BCUT2D eigenvalue weighted by atomic mass is 32.2. The largest absolute Gasteiger partial charge is 0.325 e. The Hall–Kier alpha value is -3.98. The number of thioether (sulfide) groups is 1. The average Bonchev–Trinajstić information content (AvgIpc) is 2.81. The van der Waals surface area contributed by atoms with Crippen molar-refractivity contribution in [2.75, 3.05) is 11.1 Å². The van der Waals surface area contributed by atoms with Crippen LogP contribution in [0, 0.1) is 19.7 Å². The number of para-hydroxylation sites is 2. The SMILES string of the molecule is Cc1cccc(NC(=O)NC(=O)CSc2nc3ccccc3c(=O)n2-c2ccccc2F)c1C. The Kier molecular flexibility index (Phi) is 6.74. The zero-order valence-electron chi connectivity index (χ0n) is 18.5. The Morgan fingerprint density at radius 1 is 1.00 bits per heavy atom. The molecule has 0 aliphatic rings. The lowest BCUT2D eigenvalue weighted by molar-refractivity contribution is -0.117. The number of hydrogen-bond donors (Lipinski definition) is 2. The third-order valence-corrected chi connectivity index (χ3v) is 6.22. The molecule has 1 aromatic heterocycles. The fourth-order valence-electron chi connectivity index (χ4n) is 3.39. The predicted octanol–water partition coefficient (Wildman–Crippen LogP) is 4.58. The lowest BCUT2D eigenvalue weighted by Crippen LogP contribution is -2.36. The minimum absolute atomic E-state index is 0.0290. The number of imide groups is 1. The second kappa shape index (κ2) is 9.88. The van der Waals surface area contributed by atoms with Gasteiger partial charge < -0.3 is 5.32 Å². The number of aromatic nitrogens is 2. The van der Waals surface area contributed by atoms with Crippen molar-refractivity contribution in [1.29, 1.82) is 0 Å². The third-order valence-electron chi connectivity index (χ3n) is 5.28. The summed E-state index contributed by atoms with van der Waals surface area (Å²) in [5.41, 5.74) is 2.51. The van der Waals surface area contributed by atoms with Crippen LogP contribution in [0.4, 0.5) is 14.9 Å². The Bertz CT molecular complexity index is 1470. The average molecular weight is 477 g/mol. The summed E-state index contributed by atoms with van der Waals surface area (Å²) < 4.78 is 15.7. The number of nitrogens with one attached hydrogen (secondary N) is 2. The molecule has 0 fully saturated rings. The fourth-order valence-corrected chi connectivity index (χ4v) is 4.19. The van der Waals surface area contributed by atoms with E-state index < -0.39 is 23.3 Å². The van der Waals surface area contributed by atoms with Gasteiger partial charge in [-0.25, -0.2) is 14.2 Å². The van der Waals surface area contributed by atoms with Gasteiger partial charge >= 0.3 is 6.03 Å². The molecule has 172 valence electrons. The highest BCUT2D eigenvalue weighted by molar-refractivity contribution is 7.99. The van der Waals surface area contributed by atoms with Crippen LogP contribution in [-0.2, 0) is 4.79 Å². The molecule has 0 unspecified atom stereocenters. The van der Waals surface area contributed by atoms with Crippen LogP contribution in [0.5, 0.6) is 0 Å². The second-order valence-corrected chi connectivity index (χ2v) is 8.48. The van der Waals surface area contributed by atoms with E-state index in [0.717, 1.165) is 27.5 Å². The number of aryl methyl sites for hydroxylation is 1. The van der Waals surface area contributed by atoms with Crippen molar-refractivity contribution >= 4 is 40.3 Å². The molecule has 0 atom stereocenters. The highest BCUT2D eigenvalue weighted by Gasteiger charge is 2.18. The van der Waals surface area contributed by atoms with E-state index in [-0.39, 0.29) is 16.6 Å². The molecule has 7 nitrogen and oxygen atoms in total. The Labute approximate surface area is 199 Å². The number of amides is 3. The molecule has 1 heterocycles. The first-order valence-electron chi connectivity index (χ1n) is 10.4. The molecule has 0 spiro atoms. The first-order valence-corrected chi connectivity index (χ1v) is 11.4. The summed E-state index contributed by atoms with van der Waals surface area (Å²) in [7, 11) is 0. The number of anilines is 1. The minimum atomic E-state index is -0.669. The maximum Gasteiger partial charge on any atom is 0.325 e. The van der Waals surface area contributed by atoms with Crippen LogP contribution in [0.2, 0.25) is 0 Å². The van der Waals surface area contributed by atoms with Gasteiger partial charge in [-0.05, 0) is 55.3 Å². The van der Waals surface area contributed by atoms with Crippen molar-refractivity contribution in [3.8, 4) is 5.69 Å². The normalized spacial score (nSPS) is 10.8. The maximum atomic E-state index is 14.5. The van der Waals surface area contributed by atoms with Crippen molar-refractivity contribution < 1.29 is 14.0 Å².